The molecule has 0 amide bonds. The zero-order valence-corrected chi connectivity index (χ0v) is 14.6. The number of carbonyl (C=O) groups excluding carboxylic acids is 1. The summed E-state index contributed by atoms with van der Waals surface area (Å²) in [5.41, 5.74) is 5.67. The Labute approximate surface area is 141 Å². The molecule has 3 N–H and O–H groups in total. The van der Waals surface area contributed by atoms with Crippen LogP contribution in [0, 0.1) is 0 Å². The maximum Gasteiger partial charge on any atom is 0.459 e. The van der Waals surface area contributed by atoms with Gasteiger partial charge in [-0.15, -0.1) is 0 Å². The second kappa shape index (κ2) is 8.60. The van der Waals surface area contributed by atoms with Crippen LogP contribution in [0.1, 0.15) is 19.8 Å². The number of nitrogens with two attached hydrogens (primary N) is 1. The average molecular weight is 358 g/mol. The van der Waals surface area contributed by atoms with Crippen LogP contribution in [0.15, 0.2) is 30.3 Å². The second-order valence-corrected chi connectivity index (χ2v) is 7.14. The Bertz CT molecular complexity index is 585. The van der Waals surface area contributed by atoms with E-state index in [1.165, 1.54) is 14.0 Å². The van der Waals surface area contributed by atoms with Gasteiger partial charge in [0, 0.05) is 0 Å². The van der Waals surface area contributed by atoms with Crippen LogP contribution in [-0.2, 0) is 23.4 Å². The zero-order chi connectivity index (χ0) is 17.6. The summed E-state index contributed by atoms with van der Waals surface area (Å²) in [6.07, 6.45) is 0.820. The van der Waals surface area contributed by atoms with Gasteiger partial charge in [0.2, 0.25) is 0 Å². The van der Waals surface area contributed by atoms with Crippen molar-refractivity contribution in [1.82, 2.24) is 5.09 Å². The Kier molecular flexibility index (Phi) is 6.77. The fourth-order valence-corrected chi connectivity index (χ4v) is 3.74. The van der Waals surface area contributed by atoms with Crippen molar-refractivity contribution < 1.29 is 27.9 Å². The van der Waals surface area contributed by atoms with Gasteiger partial charge in [0.1, 0.15) is 18.0 Å². The third-order valence-electron chi connectivity index (χ3n) is 3.45. The summed E-state index contributed by atoms with van der Waals surface area (Å²) in [6.45, 7) is 1.55. The summed E-state index contributed by atoms with van der Waals surface area (Å²) in [5, 5.41) is 2.58. The fraction of sp³-hybridized carbons (Fsp3) is 0.533. The van der Waals surface area contributed by atoms with Crippen LogP contribution in [0.25, 0.3) is 0 Å². The molecule has 0 aromatic heterocycles. The molecule has 0 spiro atoms. The lowest BCUT2D eigenvalue weighted by atomic mass is 10.2. The Morgan fingerprint density at radius 3 is 2.71 bits per heavy atom. The number of benzene rings is 1. The van der Waals surface area contributed by atoms with Crippen molar-refractivity contribution in [3.05, 3.63) is 30.3 Å². The lowest BCUT2D eigenvalue weighted by Crippen LogP contribution is -2.35. The first-order valence-electron chi connectivity index (χ1n) is 7.68. The highest BCUT2D eigenvalue weighted by molar-refractivity contribution is 7.52. The van der Waals surface area contributed by atoms with Crippen molar-refractivity contribution >= 4 is 13.7 Å². The van der Waals surface area contributed by atoms with Crippen molar-refractivity contribution in [1.29, 1.82) is 0 Å². The van der Waals surface area contributed by atoms with Crippen molar-refractivity contribution in [3.63, 3.8) is 0 Å². The molecule has 1 heterocycles. The highest BCUT2D eigenvalue weighted by atomic mass is 31.2. The van der Waals surface area contributed by atoms with Gasteiger partial charge in [0.25, 0.3) is 0 Å². The van der Waals surface area contributed by atoms with E-state index >= 15 is 0 Å². The molecule has 24 heavy (non-hydrogen) atoms. The molecule has 0 radical (unpaired) electrons. The third-order valence-corrected chi connectivity index (χ3v) is 5.09. The molecule has 4 unspecified atom stereocenters. The van der Waals surface area contributed by atoms with Crippen LogP contribution in [-0.4, -0.2) is 38.1 Å². The summed E-state index contributed by atoms with van der Waals surface area (Å²) >= 11 is 0. The van der Waals surface area contributed by atoms with E-state index in [4.69, 9.17) is 19.5 Å². The monoisotopic (exact) mass is 358 g/mol. The quantitative estimate of drug-likeness (QED) is 0.535. The predicted octanol–water partition coefficient (Wildman–Crippen LogP) is 1.80. The van der Waals surface area contributed by atoms with Gasteiger partial charge in [-0.25, -0.2) is 4.57 Å². The zero-order valence-electron chi connectivity index (χ0n) is 13.7. The third kappa shape index (κ3) is 5.58. The van der Waals surface area contributed by atoms with Crippen LogP contribution in [0.2, 0.25) is 0 Å². The van der Waals surface area contributed by atoms with E-state index in [1.807, 2.05) is 0 Å². The average Bonchev–Trinajstić information content (AvgIpc) is 2.98. The van der Waals surface area contributed by atoms with Crippen LogP contribution in [0.5, 0.6) is 5.75 Å². The first kappa shape index (κ1) is 18.9. The van der Waals surface area contributed by atoms with E-state index in [-0.39, 0.29) is 18.9 Å². The molecule has 8 nitrogen and oxygen atoms in total. The molecule has 1 fully saturated rings. The minimum atomic E-state index is -3.81. The molecule has 1 aliphatic rings. The molecule has 0 saturated carbocycles. The van der Waals surface area contributed by atoms with Crippen molar-refractivity contribution in [2.24, 2.45) is 5.73 Å². The SMILES string of the molecule is COC(=O)C(C)NP(=O)(OCC1CCC(N)O1)Oc1ccccc1. The van der Waals surface area contributed by atoms with Gasteiger partial charge in [-0.05, 0) is 31.9 Å². The van der Waals surface area contributed by atoms with E-state index in [0.29, 0.717) is 18.6 Å². The molecule has 4 atom stereocenters. The van der Waals surface area contributed by atoms with Crippen molar-refractivity contribution in [2.75, 3.05) is 13.7 Å². The van der Waals surface area contributed by atoms with E-state index in [1.54, 1.807) is 30.3 Å². The Hall–Kier alpha value is -1.44. The lowest BCUT2D eigenvalue weighted by molar-refractivity contribution is -0.142. The molecule has 9 heteroatoms. The number of hydrogen-bond donors (Lipinski definition) is 2. The molecule has 0 aliphatic carbocycles. The largest absolute Gasteiger partial charge is 0.468 e. The van der Waals surface area contributed by atoms with Crippen LogP contribution < -0.4 is 15.3 Å². The smallest absolute Gasteiger partial charge is 0.459 e. The summed E-state index contributed by atoms with van der Waals surface area (Å²) in [5.74, 6) is -0.218. The van der Waals surface area contributed by atoms with Crippen LogP contribution >= 0.6 is 7.75 Å². The highest BCUT2D eigenvalue weighted by Crippen LogP contribution is 2.45. The van der Waals surface area contributed by atoms with Crippen LogP contribution in [0.3, 0.4) is 0 Å². The minimum absolute atomic E-state index is 0.0404. The van der Waals surface area contributed by atoms with Gasteiger partial charge in [0.15, 0.2) is 0 Å². The fourth-order valence-electron chi connectivity index (χ4n) is 2.21. The van der Waals surface area contributed by atoms with E-state index in [2.05, 4.69) is 9.82 Å². The molecule has 2 rings (SSSR count). The summed E-state index contributed by atoms with van der Waals surface area (Å²) in [6, 6.07) is 7.70. The molecule has 1 aliphatic heterocycles. The van der Waals surface area contributed by atoms with E-state index in [0.717, 1.165) is 0 Å². The van der Waals surface area contributed by atoms with Gasteiger partial charge in [-0.2, -0.15) is 5.09 Å². The summed E-state index contributed by atoms with van der Waals surface area (Å²) in [4.78, 5) is 11.6. The molecule has 1 aromatic rings. The lowest BCUT2D eigenvalue weighted by Gasteiger charge is -2.23. The number of nitrogens with one attached hydrogen (secondary N) is 1. The minimum Gasteiger partial charge on any atom is -0.468 e. The topological polar surface area (TPSA) is 109 Å². The van der Waals surface area contributed by atoms with Crippen LogP contribution in [0.4, 0.5) is 0 Å². The maximum atomic E-state index is 13.0. The number of methoxy groups -OCH3 is 1. The first-order chi connectivity index (χ1) is 11.4. The summed E-state index contributed by atoms with van der Waals surface area (Å²) in [7, 11) is -2.56. The predicted molar refractivity (Wildman–Crippen MR) is 87.3 cm³/mol. The number of rotatable bonds is 8. The Morgan fingerprint density at radius 2 is 2.12 bits per heavy atom. The van der Waals surface area contributed by atoms with E-state index < -0.39 is 19.8 Å². The first-order valence-corrected chi connectivity index (χ1v) is 9.22. The molecule has 0 bridgehead atoms. The van der Waals surface area contributed by atoms with Gasteiger partial charge in [0.05, 0.1) is 19.8 Å². The maximum absolute atomic E-state index is 13.0. The number of hydrogen-bond acceptors (Lipinski definition) is 7. The Balaban J connectivity index is 2.04. The standard InChI is InChI=1S/C15H23N2O6P/c1-11(15(18)20-2)17-24(19,23-12-6-4-3-5-7-12)21-10-13-8-9-14(16)22-13/h3-7,11,13-14H,8-10,16H2,1-2H3,(H,17,19). The number of para-hydroxylation sites is 1. The van der Waals surface area contributed by atoms with Crippen molar-refractivity contribution in [2.45, 2.75) is 38.1 Å². The summed E-state index contributed by atoms with van der Waals surface area (Å²) < 4.78 is 34.0. The Morgan fingerprint density at radius 1 is 1.42 bits per heavy atom. The molecule has 134 valence electrons. The second-order valence-electron chi connectivity index (χ2n) is 5.45. The van der Waals surface area contributed by atoms with Gasteiger partial charge in [-0.3, -0.25) is 9.32 Å². The highest BCUT2D eigenvalue weighted by Gasteiger charge is 2.34. The van der Waals surface area contributed by atoms with E-state index in [9.17, 15) is 9.36 Å². The van der Waals surface area contributed by atoms with Crippen molar-refractivity contribution in [3.8, 4) is 5.75 Å². The molecule has 1 aromatic carbocycles. The molecule has 1 saturated heterocycles. The number of ether oxygens (including phenoxy) is 2. The van der Waals surface area contributed by atoms with Gasteiger partial charge in [-0.1, -0.05) is 18.2 Å². The molecular formula is C15H23N2O6P. The molecular weight excluding hydrogens is 335 g/mol. The van der Waals surface area contributed by atoms with Gasteiger partial charge < -0.3 is 19.7 Å². The number of carbonyl (C=O) groups is 1. The number of esters is 1. The normalized spacial score (nSPS) is 24.1. The van der Waals surface area contributed by atoms with Gasteiger partial charge >= 0.3 is 13.7 Å².